The van der Waals surface area contributed by atoms with E-state index in [1.807, 2.05) is 0 Å². The molecule has 0 fully saturated rings. The van der Waals surface area contributed by atoms with Crippen molar-refractivity contribution in [3.8, 4) is 5.75 Å². The number of benzene rings is 1. The molecule has 21 heavy (non-hydrogen) atoms. The lowest BCUT2D eigenvalue weighted by Crippen LogP contribution is -2.43. The summed E-state index contributed by atoms with van der Waals surface area (Å²) in [5, 5.41) is 11.1. The first-order valence-electron chi connectivity index (χ1n) is 6.00. The minimum absolute atomic E-state index is 0.00964. The van der Waals surface area contributed by atoms with Gasteiger partial charge in [-0.05, 0) is 17.7 Å². The van der Waals surface area contributed by atoms with Gasteiger partial charge in [0.05, 0.1) is 12.9 Å². The van der Waals surface area contributed by atoms with Crippen LogP contribution in [0.15, 0.2) is 18.2 Å². The first kappa shape index (κ1) is 17.1. The van der Waals surface area contributed by atoms with Crippen LogP contribution >= 0.6 is 0 Å². The third kappa shape index (κ3) is 5.50. The Labute approximate surface area is 123 Å². The maximum Gasteiger partial charge on any atom is 0.327 e. The molecule has 2 atom stereocenters. The smallest absolute Gasteiger partial charge is 0.327 e. The van der Waals surface area contributed by atoms with Gasteiger partial charge in [0.2, 0.25) is 5.91 Å². The third-order valence-corrected chi connectivity index (χ3v) is 3.93. The molecule has 1 amide bonds. The highest BCUT2D eigenvalue weighted by atomic mass is 32.2. The van der Waals surface area contributed by atoms with Crippen LogP contribution in [0, 0.1) is 5.82 Å². The van der Waals surface area contributed by atoms with Gasteiger partial charge in [0, 0.05) is 23.5 Å². The zero-order chi connectivity index (χ0) is 16.0. The van der Waals surface area contributed by atoms with Gasteiger partial charge >= 0.3 is 5.97 Å². The van der Waals surface area contributed by atoms with E-state index in [9.17, 15) is 18.2 Å². The monoisotopic (exact) mass is 317 g/mol. The van der Waals surface area contributed by atoms with Crippen molar-refractivity contribution in [2.24, 2.45) is 0 Å². The molecule has 2 N–H and O–H groups in total. The molecule has 0 bridgehead atoms. The Hall–Kier alpha value is -1.96. The standard InChI is InChI=1S/C13H16FNO5S/c1-8(16)15-11(13(17)18)7-21(19)6-9-3-4-12(20-2)10(14)5-9/h3-5,11H,6-7H2,1-2H3,(H,15,16)(H,17,18)/t11-,21?/m0/s1. The minimum Gasteiger partial charge on any atom is -0.494 e. The van der Waals surface area contributed by atoms with Crippen LogP contribution in [0.5, 0.6) is 5.75 Å². The zero-order valence-corrected chi connectivity index (χ0v) is 12.4. The van der Waals surface area contributed by atoms with Gasteiger partial charge in [0.1, 0.15) is 6.04 Å². The van der Waals surface area contributed by atoms with Crippen LogP contribution in [-0.2, 0) is 26.1 Å². The predicted molar refractivity (Wildman–Crippen MR) is 74.9 cm³/mol. The first-order valence-corrected chi connectivity index (χ1v) is 7.49. The second-order valence-electron chi connectivity index (χ2n) is 4.31. The average molecular weight is 317 g/mol. The molecule has 1 aromatic carbocycles. The van der Waals surface area contributed by atoms with Gasteiger partial charge in [-0.15, -0.1) is 0 Å². The lowest BCUT2D eigenvalue weighted by atomic mass is 10.2. The number of hydrogen-bond acceptors (Lipinski definition) is 4. The lowest BCUT2D eigenvalue weighted by Gasteiger charge is -2.13. The van der Waals surface area contributed by atoms with E-state index < -0.39 is 34.5 Å². The Morgan fingerprint density at radius 3 is 2.62 bits per heavy atom. The number of ether oxygens (including phenoxy) is 1. The number of methoxy groups -OCH3 is 1. The van der Waals surface area contributed by atoms with Gasteiger partial charge in [-0.1, -0.05) is 6.07 Å². The molecule has 0 spiro atoms. The van der Waals surface area contributed by atoms with Crippen LogP contribution in [0.3, 0.4) is 0 Å². The second-order valence-corrected chi connectivity index (χ2v) is 5.81. The van der Waals surface area contributed by atoms with Crippen molar-refractivity contribution < 1.29 is 28.0 Å². The van der Waals surface area contributed by atoms with Crippen LogP contribution in [-0.4, -0.2) is 40.1 Å². The minimum atomic E-state index is -1.56. The first-order chi connectivity index (χ1) is 9.83. The fourth-order valence-electron chi connectivity index (χ4n) is 1.65. The maximum atomic E-state index is 13.5. The van der Waals surface area contributed by atoms with Crippen molar-refractivity contribution in [3.05, 3.63) is 29.6 Å². The second kappa shape index (κ2) is 7.72. The highest BCUT2D eigenvalue weighted by molar-refractivity contribution is 7.84. The summed E-state index contributed by atoms with van der Waals surface area (Å²) in [5.74, 6) is -2.54. The maximum absolute atomic E-state index is 13.5. The molecule has 1 aromatic rings. The van der Waals surface area contributed by atoms with Crippen molar-refractivity contribution in [3.63, 3.8) is 0 Å². The fraction of sp³-hybridized carbons (Fsp3) is 0.385. The van der Waals surface area contributed by atoms with Gasteiger partial charge in [-0.25, -0.2) is 9.18 Å². The molecular formula is C13H16FNO5S. The van der Waals surface area contributed by atoms with Crippen LogP contribution < -0.4 is 10.1 Å². The summed E-state index contributed by atoms with van der Waals surface area (Å²) in [7, 11) is -0.223. The number of amides is 1. The Bertz CT molecular complexity index is 563. The van der Waals surface area contributed by atoms with E-state index in [1.165, 1.54) is 26.2 Å². The van der Waals surface area contributed by atoms with Gasteiger partial charge < -0.3 is 15.2 Å². The van der Waals surface area contributed by atoms with Crippen LogP contribution in [0.25, 0.3) is 0 Å². The molecule has 1 rings (SSSR count). The molecule has 116 valence electrons. The van der Waals surface area contributed by atoms with Crippen molar-refractivity contribution in [2.45, 2.75) is 18.7 Å². The van der Waals surface area contributed by atoms with E-state index in [2.05, 4.69) is 5.32 Å². The van der Waals surface area contributed by atoms with Crippen molar-refractivity contribution in [2.75, 3.05) is 12.9 Å². The Kier molecular flexibility index (Phi) is 6.29. The van der Waals surface area contributed by atoms with Gasteiger partial charge in [-0.2, -0.15) is 0 Å². The van der Waals surface area contributed by atoms with Gasteiger partial charge in [0.25, 0.3) is 0 Å². The van der Waals surface area contributed by atoms with Crippen molar-refractivity contribution in [1.29, 1.82) is 0 Å². The Morgan fingerprint density at radius 2 is 2.14 bits per heavy atom. The van der Waals surface area contributed by atoms with E-state index >= 15 is 0 Å². The van der Waals surface area contributed by atoms with E-state index in [4.69, 9.17) is 9.84 Å². The largest absolute Gasteiger partial charge is 0.494 e. The molecular weight excluding hydrogens is 301 g/mol. The zero-order valence-electron chi connectivity index (χ0n) is 11.6. The van der Waals surface area contributed by atoms with Gasteiger partial charge in [-0.3, -0.25) is 9.00 Å². The fourth-order valence-corrected chi connectivity index (χ4v) is 2.92. The number of hydrogen-bond donors (Lipinski definition) is 2. The average Bonchev–Trinajstić information content (AvgIpc) is 2.37. The summed E-state index contributed by atoms with van der Waals surface area (Å²) in [5.41, 5.74) is 0.457. The van der Waals surface area contributed by atoms with E-state index in [0.29, 0.717) is 5.56 Å². The molecule has 0 saturated carbocycles. The molecule has 8 heteroatoms. The summed E-state index contributed by atoms with van der Waals surface area (Å²) in [6.07, 6.45) is 0. The number of aliphatic carboxylic acids is 1. The van der Waals surface area contributed by atoms with E-state index in [1.54, 1.807) is 6.07 Å². The summed E-state index contributed by atoms with van der Waals surface area (Å²) in [6.45, 7) is 1.18. The van der Waals surface area contributed by atoms with Crippen molar-refractivity contribution >= 4 is 22.7 Å². The summed E-state index contributed by atoms with van der Waals surface area (Å²) in [4.78, 5) is 21.8. The Morgan fingerprint density at radius 1 is 1.48 bits per heavy atom. The van der Waals surface area contributed by atoms with Crippen LogP contribution in [0.1, 0.15) is 12.5 Å². The number of rotatable bonds is 7. The highest BCUT2D eigenvalue weighted by Gasteiger charge is 2.21. The number of carboxylic acid groups (broad SMARTS) is 1. The summed E-state index contributed by atoms with van der Waals surface area (Å²) < 4.78 is 30.2. The molecule has 0 saturated heterocycles. The Balaban J connectivity index is 2.69. The highest BCUT2D eigenvalue weighted by Crippen LogP contribution is 2.18. The number of carbonyl (C=O) groups is 2. The summed E-state index contributed by atoms with van der Waals surface area (Å²) >= 11 is 0. The SMILES string of the molecule is COc1ccc(CS(=O)C[C@H](NC(C)=O)C(=O)O)cc1F. The lowest BCUT2D eigenvalue weighted by molar-refractivity contribution is -0.140. The molecule has 0 aromatic heterocycles. The quantitative estimate of drug-likeness (QED) is 0.771. The van der Waals surface area contributed by atoms with E-state index in [0.717, 1.165) is 0 Å². The molecule has 0 aliphatic heterocycles. The normalized spacial score (nSPS) is 13.3. The van der Waals surface area contributed by atoms with Crippen molar-refractivity contribution in [1.82, 2.24) is 5.32 Å². The number of nitrogens with one attached hydrogen (secondary N) is 1. The topological polar surface area (TPSA) is 92.7 Å². The van der Waals surface area contributed by atoms with Crippen LogP contribution in [0.2, 0.25) is 0 Å². The molecule has 0 radical (unpaired) electrons. The van der Waals surface area contributed by atoms with E-state index in [-0.39, 0.29) is 17.3 Å². The molecule has 0 aliphatic carbocycles. The molecule has 6 nitrogen and oxygen atoms in total. The predicted octanol–water partition coefficient (Wildman–Crippen LogP) is 0.672. The molecule has 1 unspecified atom stereocenters. The number of carbonyl (C=O) groups excluding carboxylic acids is 1. The van der Waals surface area contributed by atoms with Gasteiger partial charge in [0.15, 0.2) is 11.6 Å². The summed E-state index contributed by atoms with van der Waals surface area (Å²) in [6, 6.07) is 2.91. The number of halogens is 1. The third-order valence-electron chi connectivity index (χ3n) is 2.57. The number of carboxylic acids is 1. The van der Waals surface area contributed by atoms with Crippen LogP contribution in [0.4, 0.5) is 4.39 Å². The molecule has 0 heterocycles. The molecule has 0 aliphatic rings.